The third kappa shape index (κ3) is 3.91. The van der Waals surface area contributed by atoms with Gasteiger partial charge in [-0.05, 0) is 31.0 Å². The lowest BCUT2D eigenvalue weighted by atomic mass is 9.90. The second-order valence-corrected chi connectivity index (χ2v) is 8.67. The zero-order valence-corrected chi connectivity index (χ0v) is 15.7. The number of Topliss-reactive ketones (excluding diaryl/α,β-unsaturated/α-hetero) is 1. The van der Waals surface area contributed by atoms with Gasteiger partial charge in [0.05, 0.1) is 16.8 Å². The highest BCUT2D eigenvalue weighted by Gasteiger charge is 2.34. The standard InChI is InChI=1S/C18H18N4OS2/c1-4-13-10-21-16(25-13)14(23)7-12-5-6-20-15(8-12)18(3)9-11(2)24-17(19)22-18/h1,5-6,8,10-11H,7,9H2,2-3H3,(H2,19,22)/t11-,18+/m1/s1. The summed E-state index contributed by atoms with van der Waals surface area (Å²) in [5, 5.41) is 1.38. The molecule has 7 heteroatoms. The number of rotatable bonds is 4. The van der Waals surface area contributed by atoms with Crippen molar-refractivity contribution in [1.82, 2.24) is 9.97 Å². The van der Waals surface area contributed by atoms with Crippen molar-refractivity contribution < 1.29 is 4.79 Å². The first-order chi connectivity index (χ1) is 11.9. The molecule has 2 aromatic heterocycles. The fraction of sp³-hybridized carbons (Fsp3) is 0.333. The summed E-state index contributed by atoms with van der Waals surface area (Å²) in [4.78, 5) is 26.3. The van der Waals surface area contributed by atoms with E-state index in [0.29, 0.717) is 20.3 Å². The van der Waals surface area contributed by atoms with Crippen molar-refractivity contribution in [2.45, 2.75) is 37.5 Å². The molecule has 0 radical (unpaired) electrons. The number of terminal acetylenes is 1. The van der Waals surface area contributed by atoms with Crippen LogP contribution in [0.15, 0.2) is 29.5 Å². The quantitative estimate of drug-likeness (QED) is 0.661. The predicted octanol–water partition coefficient (Wildman–Crippen LogP) is 3.00. The van der Waals surface area contributed by atoms with Gasteiger partial charge in [0.1, 0.15) is 5.54 Å². The molecule has 2 atom stereocenters. The molecule has 2 N–H and O–H groups in total. The number of aliphatic imine (C=N–C) groups is 1. The van der Waals surface area contributed by atoms with E-state index in [-0.39, 0.29) is 12.2 Å². The molecule has 3 rings (SSSR count). The SMILES string of the molecule is C#Cc1cnc(C(=O)Cc2ccnc([C@]3(C)C[C@@H](C)SC(N)=N3)c2)s1. The highest BCUT2D eigenvalue weighted by Crippen LogP contribution is 2.37. The van der Waals surface area contributed by atoms with Gasteiger partial charge in [-0.1, -0.05) is 24.6 Å². The molecule has 2 aromatic rings. The first-order valence-electron chi connectivity index (χ1n) is 7.82. The summed E-state index contributed by atoms with van der Waals surface area (Å²) in [7, 11) is 0. The molecule has 0 saturated heterocycles. The van der Waals surface area contributed by atoms with Gasteiger partial charge in [-0.2, -0.15) is 0 Å². The molecule has 0 amide bonds. The monoisotopic (exact) mass is 370 g/mol. The number of hydrogen-bond donors (Lipinski definition) is 1. The van der Waals surface area contributed by atoms with Gasteiger partial charge in [-0.15, -0.1) is 17.8 Å². The van der Waals surface area contributed by atoms with Crippen molar-refractivity contribution in [3.8, 4) is 12.3 Å². The zero-order chi connectivity index (χ0) is 18.0. The van der Waals surface area contributed by atoms with Gasteiger partial charge < -0.3 is 5.73 Å². The third-order valence-corrected chi connectivity index (χ3v) is 5.86. The fourth-order valence-electron chi connectivity index (χ4n) is 2.89. The van der Waals surface area contributed by atoms with Crippen molar-refractivity contribution in [3.63, 3.8) is 0 Å². The van der Waals surface area contributed by atoms with E-state index < -0.39 is 5.54 Å². The number of carbonyl (C=O) groups is 1. The van der Waals surface area contributed by atoms with Crippen molar-refractivity contribution in [3.05, 3.63) is 45.7 Å². The van der Waals surface area contributed by atoms with Crippen LogP contribution in [-0.2, 0) is 12.0 Å². The molecule has 25 heavy (non-hydrogen) atoms. The molecular weight excluding hydrogens is 352 g/mol. The Kier molecular flexibility index (Phi) is 4.93. The number of thiazole rings is 1. The summed E-state index contributed by atoms with van der Waals surface area (Å²) < 4.78 is 0. The fourth-order valence-corrected chi connectivity index (χ4v) is 4.63. The molecule has 0 bridgehead atoms. The number of pyridine rings is 1. The summed E-state index contributed by atoms with van der Waals surface area (Å²) in [6.45, 7) is 4.16. The largest absolute Gasteiger partial charge is 0.379 e. The minimum Gasteiger partial charge on any atom is -0.379 e. The second kappa shape index (κ2) is 6.98. The molecule has 0 saturated carbocycles. The highest BCUT2D eigenvalue weighted by atomic mass is 32.2. The molecule has 1 aliphatic heterocycles. The maximum absolute atomic E-state index is 12.4. The molecular formula is C18H18N4OS2. The van der Waals surface area contributed by atoms with Gasteiger partial charge in [-0.3, -0.25) is 9.78 Å². The van der Waals surface area contributed by atoms with E-state index in [2.05, 4.69) is 27.8 Å². The first kappa shape index (κ1) is 17.6. The molecule has 0 aliphatic carbocycles. The van der Waals surface area contributed by atoms with Gasteiger partial charge >= 0.3 is 0 Å². The molecule has 5 nitrogen and oxygen atoms in total. The van der Waals surface area contributed by atoms with E-state index in [1.54, 1.807) is 24.2 Å². The Labute approximate surface area is 155 Å². The lowest BCUT2D eigenvalue weighted by Crippen LogP contribution is -2.33. The number of ketones is 1. The molecule has 0 unspecified atom stereocenters. The summed E-state index contributed by atoms with van der Waals surface area (Å²) in [5.41, 5.74) is 7.20. The van der Waals surface area contributed by atoms with E-state index in [1.165, 1.54) is 11.3 Å². The molecule has 128 valence electrons. The second-order valence-electron chi connectivity index (χ2n) is 6.18. The van der Waals surface area contributed by atoms with Crippen LogP contribution in [-0.4, -0.2) is 26.2 Å². The summed E-state index contributed by atoms with van der Waals surface area (Å²) in [6.07, 6.45) is 9.71. The Hall–Kier alpha value is -2.17. The van der Waals surface area contributed by atoms with E-state index in [0.717, 1.165) is 17.7 Å². The predicted molar refractivity (Wildman–Crippen MR) is 103 cm³/mol. The smallest absolute Gasteiger partial charge is 0.195 e. The van der Waals surface area contributed by atoms with Gasteiger partial charge in [0, 0.05) is 17.9 Å². The zero-order valence-electron chi connectivity index (χ0n) is 14.0. The highest BCUT2D eigenvalue weighted by molar-refractivity contribution is 8.14. The van der Waals surface area contributed by atoms with Gasteiger partial charge in [0.15, 0.2) is 16.0 Å². The molecule has 1 aliphatic rings. The normalized spacial score (nSPS) is 22.9. The van der Waals surface area contributed by atoms with Crippen LogP contribution in [0.4, 0.5) is 0 Å². The lowest BCUT2D eigenvalue weighted by molar-refractivity contribution is 0.0992. The topological polar surface area (TPSA) is 81.2 Å². The minimum absolute atomic E-state index is 0.0515. The van der Waals surface area contributed by atoms with Crippen LogP contribution in [0, 0.1) is 12.3 Å². The Balaban J connectivity index is 1.83. The van der Waals surface area contributed by atoms with Crippen molar-refractivity contribution in [1.29, 1.82) is 0 Å². The van der Waals surface area contributed by atoms with Crippen molar-refractivity contribution in [2.75, 3.05) is 0 Å². The summed E-state index contributed by atoms with van der Waals surface area (Å²) in [5.74, 6) is 2.45. The molecule has 3 heterocycles. The number of carbonyl (C=O) groups excluding carboxylic acids is 1. The number of hydrogen-bond acceptors (Lipinski definition) is 7. The average molecular weight is 371 g/mol. The first-order valence-corrected chi connectivity index (χ1v) is 9.52. The molecule has 0 aromatic carbocycles. The average Bonchev–Trinajstić information content (AvgIpc) is 3.03. The third-order valence-electron chi connectivity index (χ3n) is 3.99. The van der Waals surface area contributed by atoms with E-state index in [4.69, 9.17) is 12.2 Å². The molecule has 0 spiro atoms. The van der Waals surface area contributed by atoms with Crippen LogP contribution in [0.2, 0.25) is 0 Å². The van der Waals surface area contributed by atoms with Crippen LogP contribution >= 0.6 is 23.1 Å². The number of nitrogens with two attached hydrogens (primary N) is 1. The van der Waals surface area contributed by atoms with Gasteiger partial charge in [-0.25, -0.2) is 9.98 Å². The summed E-state index contributed by atoms with van der Waals surface area (Å²) >= 11 is 2.82. The van der Waals surface area contributed by atoms with Crippen LogP contribution < -0.4 is 5.73 Å². The van der Waals surface area contributed by atoms with Crippen molar-refractivity contribution in [2.24, 2.45) is 10.7 Å². The van der Waals surface area contributed by atoms with Crippen LogP contribution in [0.1, 0.15) is 46.2 Å². The number of aromatic nitrogens is 2. The number of amidine groups is 1. The maximum Gasteiger partial charge on any atom is 0.195 e. The summed E-state index contributed by atoms with van der Waals surface area (Å²) in [6, 6.07) is 3.78. The Morgan fingerprint density at radius 2 is 2.32 bits per heavy atom. The molecule has 0 fully saturated rings. The van der Waals surface area contributed by atoms with Crippen LogP contribution in [0.5, 0.6) is 0 Å². The maximum atomic E-state index is 12.4. The Morgan fingerprint density at radius 1 is 1.52 bits per heavy atom. The van der Waals surface area contributed by atoms with Crippen LogP contribution in [0.3, 0.4) is 0 Å². The van der Waals surface area contributed by atoms with Crippen molar-refractivity contribution >= 4 is 34.0 Å². The number of nitrogens with zero attached hydrogens (tertiary/aromatic N) is 3. The lowest BCUT2D eigenvalue weighted by Gasteiger charge is -2.32. The van der Waals surface area contributed by atoms with Gasteiger partial charge in [0.2, 0.25) is 0 Å². The van der Waals surface area contributed by atoms with E-state index in [9.17, 15) is 4.79 Å². The Bertz CT molecular complexity index is 883. The Morgan fingerprint density at radius 3 is 3.00 bits per heavy atom. The van der Waals surface area contributed by atoms with E-state index in [1.807, 2.05) is 19.1 Å². The van der Waals surface area contributed by atoms with Gasteiger partial charge in [0.25, 0.3) is 0 Å². The number of thioether (sulfide) groups is 1. The van der Waals surface area contributed by atoms with Crippen LogP contribution in [0.25, 0.3) is 0 Å². The minimum atomic E-state index is -0.467. The van der Waals surface area contributed by atoms with E-state index >= 15 is 0 Å².